The number of rotatable bonds is 4. The van der Waals surface area contributed by atoms with E-state index in [0.717, 1.165) is 34.9 Å². The fraction of sp³-hybridized carbons (Fsp3) is 0.111. The lowest BCUT2D eigenvalue weighted by molar-refractivity contribution is 0.112. The van der Waals surface area contributed by atoms with Crippen molar-refractivity contribution < 1.29 is 9.53 Å². The first-order chi connectivity index (χ1) is 10.7. The normalized spacial score (nSPS) is 10.5. The van der Waals surface area contributed by atoms with Gasteiger partial charge in [-0.1, -0.05) is 18.2 Å². The van der Waals surface area contributed by atoms with E-state index in [1.54, 1.807) is 4.68 Å². The SMILES string of the molecule is Cc1nn(-c2ccc(Oc3ccccc3)cc2)c(C)c1C=O. The van der Waals surface area contributed by atoms with Gasteiger partial charge in [0.2, 0.25) is 0 Å². The number of carbonyl (C=O) groups excluding carboxylic acids is 1. The second-order valence-electron chi connectivity index (χ2n) is 5.02. The Balaban J connectivity index is 1.87. The Morgan fingerprint density at radius 2 is 1.59 bits per heavy atom. The first kappa shape index (κ1) is 14.1. The predicted octanol–water partition coefficient (Wildman–Crippen LogP) is 4.09. The average Bonchev–Trinajstić information content (AvgIpc) is 2.83. The number of nitrogens with zero attached hydrogens (tertiary/aromatic N) is 2. The third-order valence-electron chi connectivity index (χ3n) is 3.53. The van der Waals surface area contributed by atoms with Gasteiger partial charge in [0.25, 0.3) is 0 Å². The molecule has 3 rings (SSSR count). The zero-order valence-electron chi connectivity index (χ0n) is 12.5. The van der Waals surface area contributed by atoms with Crippen molar-refractivity contribution in [3.8, 4) is 17.2 Å². The number of benzene rings is 2. The Bertz CT molecular complexity index is 790. The van der Waals surface area contributed by atoms with Gasteiger partial charge in [-0.2, -0.15) is 5.10 Å². The lowest BCUT2D eigenvalue weighted by Crippen LogP contribution is -1.99. The summed E-state index contributed by atoms with van der Waals surface area (Å²) in [7, 11) is 0. The van der Waals surface area contributed by atoms with E-state index < -0.39 is 0 Å². The van der Waals surface area contributed by atoms with E-state index in [9.17, 15) is 4.79 Å². The molecule has 22 heavy (non-hydrogen) atoms. The van der Waals surface area contributed by atoms with E-state index in [-0.39, 0.29) is 0 Å². The van der Waals surface area contributed by atoms with Crippen LogP contribution in [0.2, 0.25) is 0 Å². The molecular weight excluding hydrogens is 276 g/mol. The highest BCUT2D eigenvalue weighted by molar-refractivity contribution is 5.78. The predicted molar refractivity (Wildman–Crippen MR) is 84.9 cm³/mol. The summed E-state index contributed by atoms with van der Waals surface area (Å²) in [5.41, 5.74) is 3.11. The smallest absolute Gasteiger partial charge is 0.153 e. The number of carbonyl (C=O) groups is 1. The van der Waals surface area contributed by atoms with Gasteiger partial charge in [0.15, 0.2) is 6.29 Å². The third-order valence-corrected chi connectivity index (χ3v) is 3.53. The lowest BCUT2D eigenvalue weighted by atomic mass is 10.2. The molecule has 0 radical (unpaired) electrons. The molecule has 0 aliphatic carbocycles. The van der Waals surface area contributed by atoms with E-state index in [0.29, 0.717) is 5.56 Å². The summed E-state index contributed by atoms with van der Waals surface area (Å²) in [6.45, 7) is 3.72. The van der Waals surface area contributed by atoms with E-state index in [2.05, 4.69) is 5.10 Å². The molecule has 4 nitrogen and oxygen atoms in total. The highest BCUT2D eigenvalue weighted by Crippen LogP contribution is 2.23. The maximum absolute atomic E-state index is 11.1. The molecular formula is C18H16N2O2. The van der Waals surface area contributed by atoms with Crippen LogP contribution in [0.1, 0.15) is 21.7 Å². The van der Waals surface area contributed by atoms with Gasteiger partial charge >= 0.3 is 0 Å². The van der Waals surface area contributed by atoms with Crippen LogP contribution in [0.15, 0.2) is 54.6 Å². The fourth-order valence-corrected chi connectivity index (χ4v) is 2.36. The standard InChI is InChI=1S/C18H16N2O2/c1-13-18(12-21)14(2)20(19-13)15-8-10-17(11-9-15)22-16-6-4-3-5-7-16/h3-12H,1-2H3. The van der Waals surface area contributed by atoms with Gasteiger partial charge < -0.3 is 4.74 Å². The molecule has 2 aromatic carbocycles. The van der Waals surface area contributed by atoms with Crippen LogP contribution in [-0.2, 0) is 0 Å². The minimum absolute atomic E-state index is 0.643. The number of para-hydroxylation sites is 1. The topological polar surface area (TPSA) is 44.1 Å². The Kier molecular flexibility index (Phi) is 3.74. The second-order valence-corrected chi connectivity index (χ2v) is 5.02. The summed E-state index contributed by atoms with van der Waals surface area (Å²) in [5, 5.41) is 4.41. The molecule has 0 bridgehead atoms. The molecule has 0 aliphatic rings. The zero-order chi connectivity index (χ0) is 15.5. The molecule has 1 aromatic heterocycles. The zero-order valence-corrected chi connectivity index (χ0v) is 12.5. The maximum atomic E-state index is 11.1. The molecule has 0 spiro atoms. The largest absolute Gasteiger partial charge is 0.457 e. The van der Waals surface area contributed by atoms with Gasteiger partial charge in [-0.25, -0.2) is 4.68 Å². The van der Waals surface area contributed by atoms with Crippen LogP contribution in [-0.4, -0.2) is 16.1 Å². The van der Waals surface area contributed by atoms with Crippen molar-refractivity contribution in [2.75, 3.05) is 0 Å². The van der Waals surface area contributed by atoms with Gasteiger partial charge in [0, 0.05) is 0 Å². The minimum Gasteiger partial charge on any atom is -0.457 e. The molecule has 110 valence electrons. The number of ether oxygens (including phenoxy) is 1. The molecule has 0 amide bonds. The van der Waals surface area contributed by atoms with Gasteiger partial charge in [-0.3, -0.25) is 4.79 Å². The molecule has 4 heteroatoms. The number of aryl methyl sites for hydroxylation is 1. The Morgan fingerprint density at radius 3 is 2.18 bits per heavy atom. The summed E-state index contributed by atoms with van der Waals surface area (Å²) >= 11 is 0. The molecule has 0 saturated heterocycles. The quantitative estimate of drug-likeness (QED) is 0.680. The number of aromatic nitrogens is 2. The average molecular weight is 292 g/mol. The maximum Gasteiger partial charge on any atom is 0.153 e. The van der Waals surface area contributed by atoms with Crippen molar-refractivity contribution in [1.82, 2.24) is 9.78 Å². The van der Waals surface area contributed by atoms with E-state index >= 15 is 0 Å². The molecule has 0 unspecified atom stereocenters. The molecule has 0 saturated carbocycles. The molecule has 1 heterocycles. The molecule has 3 aromatic rings. The highest BCUT2D eigenvalue weighted by atomic mass is 16.5. The number of hydrogen-bond donors (Lipinski definition) is 0. The lowest BCUT2D eigenvalue weighted by Gasteiger charge is -2.08. The van der Waals surface area contributed by atoms with Crippen LogP contribution in [0.3, 0.4) is 0 Å². The van der Waals surface area contributed by atoms with Crippen LogP contribution >= 0.6 is 0 Å². The minimum atomic E-state index is 0.643. The molecule has 0 fully saturated rings. The first-order valence-electron chi connectivity index (χ1n) is 7.04. The van der Waals surface area contributed by atoms with Crippen molar-refractivity contribution in [1.29, 1.82) is 0 Å². The van der Waals surface area contributed by atoms with Crippen LogP contribution in [0.5, 0.6) is 11.5 Å². The fourth-order valence-electron chi connectivity index (χ4n) is 2.36. The van der Waals surface area contributed by atoms with Crippen molar-refractivity contribution in [3.05, 3.63) is 71.5 Å². The van der Waals surface area contributed by atoms with Gasteiger partial charge in [-0.05, 0) is 50.2 Å². The van der Waals surface area contributed by atoms with E-state index in [1.165, 1.54) is 0 Å². The van der Waals surface area contributed by atoms with Gasteiger partial charge in [-0.15, -0.1) is 0 Å². The molecule has 0 atom stereocenters. The van der Waals surface area contributed by atoms with Crippen LogP contribution < -0.4 is 4.74 Å². The van der Waals surface area contributed by atoms with Crippen molar-refractivity contribution in [3.63, 3.8) is 0 Å². The van der Waals surface area contributed by atoms with Crippen molar-refractivity contribution in [2.24, 2.45) is 0 Å². The van der Waals surface area contributed by atoms with Crippen LogP contribution in [0.4, 0.5) is 0 Å². The summed E-state index contributed by atoms with van der Waals surface area (Å²) in [6, 6.07) is 17.2. The number of hydrogen-bond acceptors (Lipinski definition) is 3. The van der Waals surface area contributed by atoms with Crippen molar-refractivity contribution >= 4 is 6.29 Å². The summed E-state index contributed by atoms with van der Waals surface area (Å²) in [6.07, 6.45) is 0.848. The summed E-state index contributed by atoms with van der Waals surface area (Å²) in [4.78, 5) is 11.1. The Labute approximate surface area is 129 Å². The molecule has 0 N–H and O–H groups in total. The monoisotopic (exact) mass is 292 g/mol. The van der Waals surface area contributed by atoms with E-state index in [1.807, 2.05) is 68.4 Å². The summed E-state index contributed by atoms with van der Waals surface area (Å²) in [5.74, 6) is 1.55. The van der Waals surface area contributed by atoms with Gasteiger partial charge in [0.1, 0.15) is 11.5 Å². The van der Waals surface area contributed by atoms with E-state index in [4.69, 9.17) is 4.74 Å². The highest BCUT2D eigenvalue weighted by Gasteiger charge is 2.11. The van der Waals surface area contributed by atoms with Crippen LogP contribution in [0.25, 0.3) is 5.69 Å². The first-order valence-corrected chi connectivity index (χ1v) is 7.04. The van der Waals surface area contributed by atoms with Gasteiger partial charge in [0.05, 0.1) is 22.6 Å². The van der Waals surface area contributed by atoms with Crippen molar-refractivity contribution in [2.45, 2.75) is 13.8 Å². The third kappa shape index (κ3) is 2.63. The second kappa shape index (κ2) is 5.85. The Morgan fingerprint density at radius 1 is 0.955 bits per heavy atom. The molecule has 0 aliphatic heterocycles. The van der Waals surface area contributed by atoms with Crippen LogP contribution in [0, 0.1) is 13.8 Å². The number of aldehydes is 1. The summed E-state index contributed by atoms with van der Waals surface area (Å²) < 4.78 is 7.53. The Hall–Kier alpha value is -2.88.